The summed E-state index contributed by atoms with van der Waals surface area (Å²) in [4.78, 5) is 25.4. The zero-order valence-electron chi connectivity index (χ0n) is 12.2. The van der Waals surface area contributed by atoms with Crippen LogP contribution in [-0.4, -0.2) is 35.0 Å². The molecule has 1 saturated heterocycles. The lowest BCUT2D eigenvalue weighted by Crippen LogP contribution is -2.38. The molecule has 1 unspecified atom stereocenters. The average molecular weight is 267 g/mol. The molecule has 1 amide bonds. The number of rotatable bonds is 2. The zero-order valence-corrected chi connectivity index (χ0v) is 12.2. The summed E-state index contributed by atoms with van der Waals surface area (Å²) in [6.45, 7) is 7.37. The van der Waals surface area contributed by atoms with E-state index in [9.17, 15) is 9.59 Å². The number of hydrogen-bond acceptors (Lipinski definition) is 2. The van der Waals surface area contributed by atoms with E-state index in [1.54, 1.807) is 4.90 Å². The van der Waals surface area contributed by atoms with Crippen LogP contribution < -0.4 is 0 Å². The van der Waals surface area contributed by atoms with E-state index in [2.05, 4.69) is 13.8 Å². The smallest absolute Gasteiger partial charge is 0.308 e. The Morgan fingerprint density at radius 1 is 1.26 bits per heavy atom. The van der Waals surface area contributed by atoms with Crippen molar-refractivity contribution in [2.75, 3.05) is 13.1 Å². The van der Waals surface area contributed by atoms with Gasteiger partial charge in [0.2, 0.25) is 5.91 Å². The van der Waals surface area contributed by atoms with Crippen LogP contribution in [0.25, 0.3) is 0 Å². The molecule has 4 heteroatoms. The van der Waals surface area contributed by atoms with Gasteiger partial charge in [0.1, 0.15) is 0 Å². The van der Waals surface area contributed by atoms with Crippen molar-refractivity contribution in [1.29, 1.82) is 0 Å². The first-order valence-corrected chi connectivity index (χ1v) is 7.32. The Hall–Kier alpha value is -1.06. The molecule has 2 aliphatic rings. The fourth-order valence-corrected chi connectivity index (χ4v) is 3.64. The highest BCUT2D eigenvalue weighted by molar-refractivity contribution is 5.81. The molecule has 2 fully saturated rings. The third kappa shape index (κ3) is 3.10. The molecule has 0 radical (unpaired) electrons. The lowest BCUT2D eigenvalue weighted by atomic mass is 9.72. The van der Waals surface area contributed by atoms with E-state index in [-0.39, 0.29) is 29.1 Å². The first kappa shape index (κ1) is 14.4. The van der Waals surface area contributed by atoms with Crippen LogP contribution in [0.5, 0.6) is 0 Å². The molecule has 1 N–H and O–H groups in total. The van der Waals surface area contributed by atoms with E-state index in [0.717, 1.165) is 19.3 Å². The molecule has 1 aliphatic heterocycles. The predicted octanol–water partition coefficient (Wildman–Crippen LogP) is 2.38. The van der Waals surface area contributed by atoms with Crippen LogP contribution in [0.1, 0.15) is 46.5 Å². The van der Waals surface area contributed by atoms with Crippen LogP contribution in [0.3, 0.4) is 0 Å². The van der Waals surface area contributed by atoms with Crippen LogP contribution in [0, 0.1) is 23.2 Å². The minimum atomic E-state index is -0.772. The first-order chi connectivity index (χ1) is 8.80. The van der Waals surface area contributed by atoms with Crippen LogP contribution in [0.4, 0.5) is 0 Å². The highest BCUT2D eigenvalue weighted by atomic mass is 16.4. The fourth-order valence-electron chi connectivity index (χ4n) is 3.64. The summed E-state index contributed by atoms with van der Waals surface area (Å²) in [6.07, 6.45) is 4.19. The molecule has 4 nitrogen and oxygen atoms in total. The lowest BCUT2D eigenvalue weighted by molar-refractivity contribution is -0.142. The SMILES string of the molecule is C[C@@H]1CN(C(=O)C2CCCC(C)(C)C2)C[C@H]1C(=O)O. The van der Waals surface area contributed by atoms with Crippen molar-refractivity contribution >= 4 is 11.9 Å². The summed E-state index contributed by atoms with van der Waals surface area (Å²) < 4.78 is 0. The Kier molecular flexibility index (Phi) is 3.88. The molecule has 0 aromatic rings. The molecule has 1 aliphatic carbocycles. The van der Waals surface area contributed by atoms with E-state index in [0.29, 0.717) is 13.1 Å². The van der Waals surface area contributed by atoms with Gasteiger partial charge in [-0.25, -0.2) is 0 Å². The Balaban J connectivity index is 1.99. The second-order valence-electron chi connectivity index (χ2n) is 7.12. The second kappa shape index (κ2) is 5.14. The molecule has 108 valence electrons. The number of likely N-dealkylation sites (tertiary alicyclic amines) is 1. The van der Waals surface area contributed by atoms with Crippen molar-refractivity contribution < 1.29 is 14.7 Å². The fraction of sp³-hybridized carbons (Fsp3) is 0.867. The normalized spacial score (nSPS) is 34.3. The summed E-state index contributed by atoms with van der Waals surface area (Å²) in [6, 6.07) is 0. The van der Waals surface area contributed by atoms with Gasteiger partial charge in [-0.2, -0.15) is 0 Å². The topological polar surface area (TPSA) is 57.6 Å². The van der Waals surface area contributed by atoms with Crippen LogP contribution in [0.15, 0.2) is 0 Å². The molecule has 3 atom stereocenters. The number of carboxylic acid groups (broad SMARTS) is 1. The molecule has 1 saturated carbocycles. The second-order valence-corrected chi connectivity index (χ2v) is 7.12. The third-order valence-electron chi connectivity index (χ3n) is 4.80. The summed E-state index contributed by atoms with van der Waals surface area (Å²) >= 11 is 0. The van der Waals surface area contributed by atoms with E-state index in [1.807, 2.05) is 6.92 Å². The molecule has 2 rings (SSSR count). The molecular formula is C15H25NO3. The zero-order chi connectivity index (χ0) is 14.2. The highest BCUT2D eigenvalue weighted by Crippen LogP contribution is 2.40. The maximum atomic E-state index is 12.5. The standard InChI is InChI=1S/C15H25NO3/c1-10-8-16(9-12(10)14(18)19)13(17)11-5-4-6-15(2,3)7-11/h10-12H,4-9H2,1-3H3,(H,18,19)/t10-,11?,12-/m1/s1. The van der Waals surface area contributed by atoms with Crippen molar-refractivity contribution in [3.63, 3.8) is 0 Å². The van der Waals surface area contributed by atoms with Gasteiger partial charge in [0.05, 0.1) is 5.92 Å². The maximum Gasteiger partial charge on any atom is 0.308 e. The van der Waals surface area contributed by atoms with Gasteiger partial charge in [-0.05, 0) is 30.6 Å². The van der Waals surface area contributed by atoms with E-state index < -0.39 is 5.97 Å². The summed E-state index contributed by atoms with van der Waals surface area (Å²) in [5.41, 5.74) is 0.246. The molecular weight excluding hydrogens is 242 g/mol. The molecule has 0 aromatic carbocycles. The van der Waals surface area contributed by atoms with Crippen molar-refractivity contribution in [1.82, 2.24) is 4.90 Å². The predicted molar refractivity (Wildman–Crippen MR) is 72.6 cm³/mol. The average Bonchev–Trinajstić information content (AvgIpc) is 2.69. The molecule has 19 heavy (non-hydrogen) atoms. The Bertz CT molecular complexity index is 378. The van der Waals surface area contributed by atoms with Gasteiger partial charge >= 0.3 is 5.97 Å². The van der Waals surface area contributed by atoms with Gasteiger partial charge < -0.3 is 10.0 Å². The van der Waals surface area contributed by atoms with Gasteiger partial charge in [0.15, 0.2) is 0 Å². The van der Waals surface area contributed by atoms with E-state index in [1.165, 1.54) is 6.42 Å². The Labute approximate surface area is 115 Å². The van der Waals surface area contributed by atoms with Gasteiger partial charge in [0, 0.05) is 19.0 Å². The number of nitrogens with zero attached hydrogens (tertiary/aromatic N) is 1. The number of carboxylic acids is 1. The van der Waals surface area contributed by atoms with Gasteiger partial charge in [-0.15, -0.1) is 0 Å². The number of amides is 1. The van der Waals surface area contributed by atoms with E-state index >= 15 is 0 Å². The summed E-state index contributed by atoms with van der Waals surface area (Å²) in [5.74, 6) is -0.808. The molecule has 0 aromatic heterocycles. The number of hydrogen-bond donors (Lipinski definition) is 1. The van der Waals surface area contributed by atoms with Gasteiger partial charge in [-0.3, -0.25) is 9.59 Å². The number of carbonyl (C=O) groups is 2. The lowest BCUT2D eigenvalue weighted by Gasteiger charge is -2.36. The Morgan fingerprint density at radius 3 is 2.47 bits per heavy atom. The third-order valence-corrected chi connectivity index (χ3v) is 4.80. The number of carbonyl (C=O) groups excluding carboxylic acids is 1. The number of aliphatic carboxylic acids is 1. The van der Waals surface area contributed by atoms with Gasteiger partial charge in [0.25, 0.3) is 0 Å². The first-order valence-electron chi connectivity index (χ1n) is 7.32. The molecule has 0 spiro atoms. The molecule has 0 bridgehead atoms. The Morgan fingerprint density at radius 2 is 1.95 bits per heavy atom. The van der Waals surface area contributed by atoms with Gasteiger partial charge in [-0.1, -0.05) is 27.2 Å². The minimum Gasteiger partial charge on any atom is -0.481 e. The van der Waals surface area contributed by atoms with Crippen LogP contribution >= 0.6 is 0 Å². The van der Waals surface area contributed by atoms with Crippen molar-refractivity contribution in [2.45, 2.75) is 46.5 Å². The quantitative estimate of drug-likeness (QED) is 0.835. The summed E-state index contributed by atoms with van der Waals surface area (Å²) in [7, 11) is 0. The largest absolute Gasteiger partial charge is 0.481 e. The highest BCUT2D eigenvalue weighted by Gasteiger charge is 2.40. The van der Waals surface area contributed by atoms with Crippen LogP contribution in [0.2, 0.25) is 0 Å². The van der Waals surface area contributed by atoms with Crippen molar-refractivity contribution in [3.8, 4) is 0 Å². The van der Waals surface area contributed by atoms with Crippen LogP contribution in [-0.2, 0) is 9.59 Å². The summed E-state index contributed by atoms with van der Waals surface area (Å²) in [5, 5.41) is 9.14. The van der Waals surface area contributed by atoms with E-state index in [4.69, 9.17) is 5.11 Å². The van der Waals surface area contributed by atoms with Crippen molar-refractivity contribution in [3.05, 3.63) is 0 Å². The minimum absolute atomic E-state index is 0.0676. The monoisotopic (exact) mass is 267 g/mol. The maximum absolute atomic E-state index is 12.5. The van der Waals surface area contributed by atoms with Crippen molar-refractivity contribution in [2.24, 2.45) is 23.2 Å². The molecule has 1 heterocycles.